The molecule has 0 radical (unpaired) electrons. The largest absolute Gasteiger partial charge is 0.468 e. The van der Waals surface area contributed by atoms with E-state index in [1.165, 1.54) is 0 Å². The van der Waals surface area contributed by atoms with Gasteiger partial charge in [-0.05, 0) is 49.9 Å². The standard InChI is InChI=1S/C16H18ClNO2/c1-3-18(11-15-5-4-10-20-15)12(2)16(19)13-6-8-14(17)9-7-13/h4-10,12H,3,11H2,1-2H3. The van der Waals surface area contributed by atoms with Crippen molar-refractivity contribution in [3.8, 4) is 0 Å². The maximum Gasteiger partial charge on any atom is 0.179 e. The molecule has 20 heavy (non-hydrogen) atoms. The van der Waals surface area contributed by atoms with Crippen LogP contribution < -0.4 is 0 Å². The molecular weight excluding hydrogens is 274 g/mol. The van der Waals surface area contributed by atoms with Crippen molar-refractivity contribution < 1.29 is 9.21 Å². The summed E-state index contributed by atoms with van der Waals surface area (Å²) in [5.74, 6) is 0.956. The van der Waals surface area contributed by atoms with E-state index in [1.807, 2.05) is 26.0 Å². The Labute approximate surface area is 124 Å². The zero-order valence-electron chi connectivity index (χ0n) is 11.7. The van der Waals surface area contributed by atoms with E-state index in [0.29, 0.717) is 17.1 Å². The molecular formula is C16H18ClNO2. The van der Waals surface area contributed by atoms with E-state index >= 15 is 0 Å². The normalized spacial score (nSPS) is 12.6. The molecule has 1 aromatic heterocycles. The molecule has 0 N–H and O–H groups in total. The van der Waals surface area contributed by atoms with E-state index in [2.05, 4.69) is 4.90 Å². The number of ketones is 1. The van der Waals surface area contributed by atoms with Crippen molar-refractivity contribution in [1.29, 1.82) is 0 Å². The van der Waals surface area contributed by atoms with Crippen LogP contribution in [0.1, 0.15) is 30.0 Å². The van der Waals surface area contributed by atoms with E-state index in [4.69, 9.17) is 16.0 Å². The van der Waals surface area contributed by atoms with Crippen LogP contribution >= 0.6 is 11.6 Å². The van der Waals surface area contributed by atoms with E-state index in [0.717, 1.165) is 12.3 Å². The highest BCUT2D eigenvalue weighted by Crippen LogP contribution is 2.15. The summed E-state index contributed by atoms with van der Waals surface area (Å²) in [5, 5.41) is 0.636. The van der Waals surface area contributed by atoms with Crippen LogP contribution in [0.5, 0.6) is 0 Å². The molecule has 0 aliphatic rings. The molecule has 1 unspecified atom stereocenters. The average Bonchev–Trinajstić information content (AvgIpc) is 2.97. The van der Waals surface area contributed by atoms with Crippen molar-refractivity contribution in [3.63, 3.8) is 0 Å². The molecule has 1 heterocycles. The molecule has 0 aliphatic carbocycles. The topological polar surface area (TPSA) is 33.5 Å². The van der Waals surface area contributed by atoms with Crippen molar-refractivity contribution in [3.05, 3.63) is 59.0 Å². The summed E-state index contributed by atoms with van der Waals surface area (Å²) in [6.45, 7) is 5.36. The van der Waals surface area contributed by atoms with Crippen LogP contribution in [0, 0.1) is 0 Å². The summed E-state index contributed by atoms with van der Waals surface area (Å²) in [5.41, 5.74) is 0.680. The summed E-state index contributed by atoms with van der Waals surface area (Å²) in [7, 11) is 0. The predicted molar refractivity (Wildman–Crippen MR) is 80.0 cm³/mol. The first-order valence-electron chi connectivity index (χ1n) is 6.68. The number of Topliss-reactive ketones (excluding diaryl/α,β-unsaturated/α-hetero) is 1. The van der Waals surface area contributed by atoms with Gasteiger partial charge in [-0.2, -0.15) is 0 Å². The number of hydrogen-bond donors (Lipinski definition) is 0. The lowest BCUT2D eigenvalue weighted by Crippen LogP contribution is -2.38. The van der Waals surface area contributed by atoms with Gasteiger partial charge in [0.05, 0.1) is 18.8 Å². The van der Waals surface area contributed by atoms with Crippen LogP contribution in [-0.2, 0) is 6.54 Å². The third-order valence-corrected chi connectivity index (χ3v) is 3.65. The smallest absolute Gasteiger partial charge is 0.179 e. The van der Waals surface area contributed by atoms with Crippen molar-refractivity contribution >= 4 is 17.4 Å². The number of halogens is 1. The molecule has 0 spiro atoms. The average molecular weight is 292 g/mol. The summed E-state index contributed by atoms with van der Waals surface area (Å²) < 4.78 is 5.35. The molecule has 0 bridgehead atoms. The van der Waals surface area contributed by atoms with Gasteiger partial charge in [0.15, 0.2) is 5.78 Å². The number of hydrogen-bond acceptors (Lipinski definition) is 3. The zero-order chi connectivity index (χ0) is 14.5. The number of likely N-dealkylation sites (N-methyl/N-ethyl adjacent to an activating group) is 1. The minimum Gasteiger partial charge on any atom is -0.468 e. The van der Waals surface area contributed by atoms with Gasteiger partial charge in [-0.25, -0.2) is 0 Å². The molecule has 0 saturated carbocycles. The van der Waals surface area contributed by atoms with Crippen LogP contribution in [-0.4, -0.2) is 23.3 Å². The fraction of sp³-hybridized carbons (Fsp3) is 0.312. The van der Waals surface area contributed by atoms with Gasteiger partial charge in [0.25, 0.3) is 0 Å². The molecule has 1 aromatic carbocycles. The van der Waals surface area contributed by atoms with E-state index < -0.39 is 0 Å². The Morgan fingerprint density at radius 2 is 2.00 bits per heavy atom. The summed E-state index contributed by atoms with van der Waals surface area (Å²) in [6.07, 6.45) is 1.65. The molecule has 2 rings (SSSR count). The summed E-state index contributed by atoms with van der Waals surface area (Å²) in [4.78, 5) is 14.5. The minimum absolute atomic E-state index is 0.0927. The van der Waals surface area contributed by atoms with Gasteiger partial charge in [0.2, 0.25) is 0 Å². The van der Waals surface area contributed by atoms with Gasteiger partial charge < -0.3 is 4.42 Å². The molecule has 0 aliphatic heterocycles. The molecule has 2 aromatic rings. The van der Waals surface area contributed by atoms with Crippen molar-refractivity contribution in [1.82, 2.24) is 4.90 Å². The van der Waals surface area contributed by atoms with Crippen LogP contribution in [0.15, 0.2) is 47.1 Å². The summed E-state index contributed by atoms with van der Waals surface area (Å²) >= 11 is 5.85. The fourth-order valence-corrected chi connectivity index (χ4v) is 2.27. The SMILES string of the molecule is CCN(Cc1ccco1)C(C)C(=O)c1ccc(Cl)cc1. The van der Waals surface area contributed by atoms with Crippen LogP contribution in [0.2, 0.25) is 5.02 Å². The quantitative estimate of drug-likeness (QED) is 0.754. The first kappa shape index (κ1) is 14.8. The highest BCUT2D eigenvalue weighted by atomic mass is 35.5. The van der Waals surface area contributed by atoms with Gasteiger partial charge in [0.1, 0.15) is 5.76 Å². The number of rotatable bonds is 6. The van der Waals surface area contributed by atoms with Crippen molar-refractivity contribution in [2.24, 2.45) is 0 Å². The Morgan fingerprint density at radius 3 is 2.55 bits per heavy atom. The highest BCUT2D eigenvalue weighted by Gasteiger charge is 2.22. The maximum absolute atomic E-state index is 12.5. The lowest BCUT2D eigenvalue weighted by atomic mass is 10.0. The van der Waals surface area contributed by atoms with Gasteiger partial charge in [-0.3, -0.25) is 9.69 Å². The number of nitrogens with zero attached hydrogens (tertiary/aromatic N) is 1. The second kappa shape index (κ2) is 6.73. The number of carbonyl (C=O) groups is 1. The summed E-state index contributed by atoms with van der Waals surface area (Å²) in [6, 6.07) is 10.6. The molecule has 0 fully saturated rings. The maximum atomic E-state index is 12.5. The second-order valence-corrected chi connectivity index (χ2v) is 5.13. The molecule has 106 valence electrons. The van der Waals surface area contributed by atoms with Crippen LogP contribution in [0.3, 0.4) is 0 Å². The Kier molecular flexibility index (Phi) is 4.99. The zero-order valence-corrected chi connectivity index (χ0v) is 12.4. The van der Waals surface area contributed by atoms with Gasteiger partial charge in [0, 0.05) is 10.6 Å². The van der Waals surface area contributed by atoms with E-state index in [9.17, 15) is 4.79 Å². The lowest BCUT2D eigenvalue weighted by Gasteiger charge is -2.25. The van der Waals surface area contributed by atoms with Gasteiger partial charge in [-0.1, -0.05) is 18.5 Å². The van der Waals surface area contributed by atoms with E-state index in [-0.39, 0.29) is 11.8 Å². The first-order valence-corrected chi connectivity index (χ1v) is 7.05. The highest BCUT2D eigenvalue weighted by molar-refractivity contribution is 6.30. The Bertz CT molecular complexity index is 548. The predicted octanol–water partition coefficient (Wildman–Crippen LogP) is 4.03. The van der Waals surface area contributed by atoms with Gasteiger partial charge in [-0.15, -0.1) is 0 Å². The monoisotopic (exact) mass is 291 g/mol. The Morgan fingerprint density at radius 1 is 1.30 bits per heavy atom. The van der Waals surface area contributed by atoms with Crippen molar-refractivity contribution in [2.75, 3.05) is 6.54 Å². The third kappa shape index (κ3) is 3.50. The Hall–Kier alpha value is -1.58. The molecule has 4 heteroatoms. The fourth-order valence-electron chi connectivity index (χ4n) is 2.15. The third-order valence-electron chi connectivity index (χ3n) is 3.40. The van der Waals surface area contributed by atoms with Crippen LogP contribution in [0.25, 0.3) is 0 Å². The number of furan rings is 1. The van der Waals surface area contributed by atoms with E-state index in [1.54, 1.807) is 30.5 Å². The molecule has 3 nitrogen and oxygen atoms in total. The van der Waals surface area contributed by atoms with Gasteiger partial charge >= 0.3 is 0 Å². The number of carbonyl (C=O) groups excluding carboxylic acids is 1. The molecule has 0 saturated heterocycles. The van der Waals surface area contributed by atoms with Crippen LogP contribution in [0.4, 0.5) is 0 Å². The first-order chi connectivity index (χ1) is 9.61. The molecule has 1 atom stereocenters. The second-order valence-electron chi connectivity index (χ2n) is 4.69. The van der Waals surface area contributed by atoms with Crippen molar-refractivity contribution in [2.45, 2.75) is 26.4 Å². The minimum atomic E-state index is -0.203. The number of benzene rings is 1. The molecule has 0 amide bonds. The lowest BCUT2D eigenvalue weighted by molar-refractivity contribution is 0.0826. The Balaban J connectivity index is 2.09.